The zero-order chi connectivity index (χ0) is 13.1. The number of hydrogen-bond donors (Lipinski definition) is 1. The molecule has 0 spiro atoms. The summed E-state index contributed by atoms with van der Waals surface area (Å²) in [7, 11) is 0. The van der Waals surface area contributed by atoms with Gasteiger partial charge in [-0.15, -0.1) is 11.3 Å². The predicted octanol–water partition coefficient (Wildman–Crippen LogP) is 4.36. The minimum atomic E-state index is 0.135. The van der Waals surface area contributed by atoms with Crippen molar-refractivity contribution in [3.05, 3.63) is 51.2 Å². The first-order chi connectivity index (χ1) is 8.56. The van der Waals surface area contributed by atoms with E-state index in [1.54, 1.807) is 12.1 Å². The standard InChI is InChI=1S/C14H14ClNOS/c1-9(10-2-4-11(16)5-3-10)8-12(17)13-6-7-14(15)18-13/h2-7,9H,8,16H2,1H3. The van der Waals surface area contributed by atoms with Gasteiger partial charge in [-0.25, -0.2) is 0 Å². The second-order valence-electron chi connectivity index (χ2n) is 4.30. The van der Waals surface area contributed by atoms with Gasteiger partial charge in [0, 0.05) is 12.1 Å². The van der Waals surface area contributed by atoms with Crippen molar-refractivity contribution in [1.29, 1.82) is 0 Å². The Hall–Kier alpha value is -1.32. The van der Waals surface area contributed by atoms with Crippen LogP contribution in [0.2, 0.25) is 4.34 Å². The summed E-state index contributed by atoms with van der Waals surface area (Å²) in [6.07, 6.45) is 0.487. The number of thiophene rings is 1. The van der Waals surface area contributed by atoms with Crippen LogP contribution in [0.25, 0.3) is 0 Å². The Bertz CT molecular complexity index is 547. The van der Waals surface area contributed by atoms with Crippen LogP contribution < -0.4 is 5.73 Å². The third-order valence-electron chi connectivity index (χ3n) is 2.85. The van der Waals surface area contributed by atoms with Crippen molar-refractivity contribution in [3.63, 3.8) is 0 Å². The molecule has 0 bridgehead atoms. The van der Waals surface area contributed by atoms with Gasteiger partial charge in [0.15, 0.2) is 5.78 Å². The summed E-state index contributed by atoms with van der Waals surface area (Å²) in [6, 6.07) is 11.2. The van der Waals surface area contributed by atoms with Gasteiger partial charge in [-0.2, -0.15) is 0 Å². The first-order valence-electron chi connectivity index (χ1n) is 5.70. The van der Waals surface area contributed by atoms with Gasteiger partial charge in [0.25, 0.3) is 0 Å². The molecule has 0 fully saturated rings. The summed E-state index contributed by atoms with van der Waals surface area (Å²) < 4.78 is 0.651. The normalized spacial score (nSPS) is 12.3. The van der Waals surface area contributed by atoms with Crippen molar-refractivity contribution in [2.75, 3.05) is 5.73 Å². The molecule has 0 aliphatic rings. The summed E-state index contributed by atoms with van der Waals surface area (Å²) >= 11 is 7.16. The Morgan fingerprint density at radius 2 is 1.94 bits per heavy atom. The third kappa shape index (κ3) is 3.12. The summed E-state index contributed by atoms with van der Waals surface area (Å²) in [5, 5.41) is 0. The van der Waals surface area contributed by atoms with Gasteiger partial charge in [-0.1, -0.05) is 30.7 Å². The van der Waals surface area contributed by atoms with Crippen LogP contribution in [0.4, 0.5) is 5.69 Å². The molecule has 2 rings (SSSR count). The van der Waals surface area contributed by atoms with Crippen LogP contribution in [0.15, 0.2) is 36.4 Å². The van der Waals surface area contributed by atoms with E-state index in [0.29, 0.717) is 10.8 Å². The lowest BCUT2D eigenvalue weighted by Gasteiger charge is -2.10. The van der Waals surface area contributed by atoms with Crippen LogP contribution in [0, 0.1) is 0 Å². The number of nitrogens with two attached hydrogens (primary N) is 1. The average Bonchev–Trinajstić information content (AvgIpc) is 2.76. The van der Waals surface area contributed by atoms with E-state index in [-0.39, 0.29) is 11.7 Å². The van der Waals surface area contributed by atoms with Crippen LogP contribution in [0.1, 0.15) is 34.5 Å². The van der Waals surface area contributed by atoms with Crippen LogP contribution in [-0.2, 0) is 0 Å². The summed E-state index contributed by atoms with van der Waals surface area (Å²) in [6.45, 7) is 2.04. The highest BCUT2D eigenvalue weighted by molar-refractivity contribution is 7.18. The molecule has 94 valence electrons. The molecule has 2 N–H and O–H groups in total. The molecule has 2 nitrogen and oxygen atoms in total. The Labute approximate surface area is 115 Å². The van der Waals surface area contributed by atoms with Crippen LogP contribution in [0.5, 0.6) is 0 Å². The van der Waals surface area contributed by atoms with Crippen LogP contribution in [0.3, 0.4) is 0 Å². The molecule has 0 saturated heterocycles. The van der Waals surface area contributed by atoms with E-state index in [1.807, 2.05) is 31.2 Å². The first-order valence-corrected chi connectivity index (χ1v) is 6.89. The van der Waals surface area contributed by atoms with E-state index in [0.717, 1.165) is 16.1 Å². The summed E-state index contributed by atoms with van der Waals surface area (Å²) in [4.78, 5) is 12.8. The van der Waals surface area contributed by atoms with Crippen molar-refractivity contribution >= 4 is 34.4 Å². The van der Waals surface area contributed by atoms with Crippen molar-refractivity contribution in [2.45, 2.75) is 19.3 Å². The van der Waals surface area contributed by atoms with E-state index >= 15 is 0 Å². The number of halogens is 1. The molecule has 0 aliphatic carbocycles. The number of rotatable bonds is 4. The number of anilines is 1. The monoisotopic (exact) mass is 279 g/mol. The van der Waals surface area contributed by atoms with Gasteiger partial charge in [0.1, 0.15) is 0 Å². The Morgan fingerprint density at radius 3 is 2.50 bits per heavy atom. The van der Waals surface area contributed by atoms with Gasteiger partial charge in [0.2, 0.25) is 0 Å². The topological polar surface area (TPSA) is 43.1 Å². The highest BCUT2D eigenvalue weighted by Crippen LogP contribution is 2.26. The highest BCUT2D eigenvalue weighted by Gasteiger charge is 2.14. The second-order valence-corrected chi connectivity index (χ2v) is 6.01. The zero-order valence-electron chi connectivity index (χ0n) is 10.0. The molecule has 1 aromatic heterocycles. The molecule has 18 heavy (non-hydrogen) atoms. The molecule has 1 heterocycles. The van der Waals surface area contributed by atoms with Crippen molar-refractivity contribution in [2.24, 2.45) is 0 Å². The highest BCUT2D eigenvalue weighted by atomic mass is 35.5. The third-order valence-corrected chi connectivity index (χ3v) is 4.12. The zero-order valence-corrected chi connectivity index (χ0v) is 11.6. The number of carbonyl (C=O) groups is 1. The molecular formula is C14H14ClNOS. The van der Waals surface area contributed by atoms with E-state index in [4.69, 9.17) is 17.3 Å². The van der Waals surface area contributed by atoms with Crippen molar-refractivity contribution < 1.29 is 4.79 Å². The molecule has 2 aromatic rings. The molecule has 0 aliphatic heterocycles. The number of carbonyl (C=O) groups excluding carboxylic acids is 1. The number of ketones is 1. The molecule has 1 unspecified atom stereocenters. The van der Waals surface area contributed by atoms with E-state index in [9.17, 15) is 4.79 Å². The number of nitrogen functional groups attached to an aromatic ring is 1. The number of benzene rings is 1. The Kier molecular flexibility index (Phi) is 4.04. The second kappa shape index (κ2) is 5.55. The maximum absolute atomic E-state index is 12.0. The fraction of sp³-hybridized carbons (Fsp3) is 0.214. The van der Waals surface area contributed by atoms with Crippen LogP contribution >= 0.6 is 22.9 Å². The van der Waals surface area contributed by atoms with Gasteiger partial charge in [-0.3, -0.25) is 4.79 Å². The Morgan fingerprint density at radius 1 is 1.28 bits per heavy atom. The van der Waals surface area contributed by atoms with Gasteiger partial charge in [0.05, 0.1) is 9.21 Å². The number of hydrogen-bond acceptors (Lipinski definition) is 3. The first kappa shape index (κ1) is 13.1. The average molecular weight is 280 g/mol. The molecule has 1 aromatic carbocycles. The molecule has 0 amide bonds. The number of Topliss-reactive ketones (excluding diaryl/α,β-unsaturated/α-hetero) is 1. The largest absolute Gasteiger partial charge is 0.399 e. The lowest BCUT2D eigenvalue weighted by molar-refractivity contribution is 0.0979. The van der Waals surface area contributed by atoms with Gasteiger partial charge in [-0.05, 0) is 35.7 Å². The molecule has 4 heteroatoms. The fourth-order valence-corrected chi connectivity index (χ4v) is 2.78. The van der Waals surface area contributed by atoms with Crippen molar-refractivity contribution in [3.8, 4) is 0 Å². The smallest absolute Gasteiger partial charge is 0.173 e. The summed E-state index contributed by atoms with van der Waals surface area (Å²) in [5.74, 6) is 0.315. The fourth-order valence-electron chi connectivity index (χ4n) is 1.79. The van der Waals surface area contributed by atoms with Crippen LogP contribution in [-0.4, -0.2) is 5.78 Å². The lowest BCUT2D eigenvalue weighted by atomic mass is 9.95. The van der Waals surface area contributed by atoms with Crippen molar-refractivity contribution in [1.82, 2.24) is 0 Å². The van der Waals surface area contributed by atoms with Gasteiger partial charge < -0.3 is 5.73 Å². The maximum Gasteiger partial charge on any atom is 0.173 e. The lowest BCUT2D eigenvalue weighted by Crippen LogP contribution is -2.03. The van der Waals surface area contributed by atoms with E-state index in [1.165, 1.54) is 11.3 Å². The SMILES string of the molecule is CC(CC(=O)c1ccc(Cl)s1)c1ccc(N)cc1. The van der Waals surface area contributed by atoms with E-state index < -0.39 is 0 Å². The minimum absolute atomic E-state index is 0.135. The van der Waals surface area contributed by atoms with Gasteiger partial charge >= 0.3 is 0 Å². The predicted molar refractivity (Wildman–Crippen MR) is 77.5 cm³/mol. The van der Waals surface area contributed by atoms with E-state index in [2.05, 4.69) is 0 Å². The minimum Gasteiger partial charge on any atom is -0.399 e. The molecular weight excluding hydrogens is 266 g/mol. The molecule has 1 atom stereocenters. The maximum atomic E-state index is 12.0. The molecule has 0 saturated carbocycles. The molecule has 0 radical (unpaired) electrons. The Balaban J connectivity index is 2.05. The quantitative estimate of drug-likeness (QED) is 0.667. The summed E-state index contributed by atoms with van der Waals surface area (Å²) in [5.41, 5.74) is 7.51.